The van der Waals surface area contributed by atoms with Crippen LogP contribution in [0.4, 0.5) is 5.13 Å². The van der Waals surface area contributed by atoms with E-state index in [1.165, 1.54) is 37.1 Å². The zero-order valence-electron chi connectivity index (χ0n) is 15.4. The standard InChI is InChI=1S/C18H22N8OS/c27-16-9-8-15(25-11-19-10-20-25)23-26(16)14-6-4-13(5-7-14)21-18-22-17(24-28-18)12-2-1-3-12/h8-14H,1-7H2,(H,21,22,24). The summed E-state index contributed by atoms with van der Waals surface area (Å²) in [6.07, 6.45) is 10.5. The predicted molar refractivity (Wildman–Crippen MR) is 105 cm³/mol. The second kappa shape index (κ2) is 7.42. The Morgan fingerprint density at radius 2 is 1.96 bits per heavy atom. The molecule has 0 radical (unpaired) electrons. The summed E-state index contributed by atoms with van der Waals surface area (Å²) in [5, 5.41) is 13.1. The molecule has 0 amide bonds. The SMILES string of the molecule is O=c1ccc(-n2cncn2)nn1C1CCC(Nc2nc(C3CCC3)ns2)CC1. The summed E-state index contributed by atoms with van der Waals surface area (Å²) in [7, 11) is 0. The molecule has 2 fully saturated rings. The monoisotopic (exact) mass is 398 g/mol. The first-order valence-corrected chi connectivity index (χ1v) is 10.6. The van der Waals surface area contributed by atoms with Crippen molar-refractivity contribution < 1.29 is 0 Å². The van der Waals surface area contributed by atoms with Gasteiger partial charge in [-0.25, -0.2) is 19.3 Å². The summed E-state index contributed by atoms with van der Waals surface area (Å²) in [6, 6.07) is 3.70. The van der Waals surface area contributed by atoms with Crippen LogP contribution >= 0.6 is 11.5 Å². The summed E-state index contributed by atoms with van der Waals surface area (Å²) >= 11 is 1.47. The van der Waals surface area contributed by atoms with E-state index in [9.17, 15) is 4.79 Å². The lowest BCUT2D eigenvalue weighted by Crippen LogP contribution is -2.33. The van der Waals surface area contributed by atoms with E-state index in [4.69, 9.17) is 0 Å². The van der Waals surface area contributed by atoms with E-state index in [1.807, 2.05) is 0 Å². The molecule has 0 atom stereocenters. The average Bonchev–Trinajstić information content (AvgIpc) is 3.34. The molecule has 0 spiro atoms. The van der Waals surface area contributed by atoms with Gasteiger partial charge in [0.15, 0.2) is 5.82 Å². The molecule has 0 unspecified atom stereocenters. The molecular weight excluding hydrogens is 376 g/mol. The molecule has 2 aliphatic rings. The summed E-state index contributed by atoms with van der Waals surface area (Å²) in [5.41, 5.74) is -0.0745. The first-order chi connectivity index (χ1) is 13.8. The second-order valence-electron chi connectivity index (χ2n) is 7.55. The Morgan fingerprint density at radius 1 is 1.11 bits per heavy atom. The fraction of sp³-hybridized carbons (Fsp3) is 0.556. The van der Waals surface area contributed by atoms with Crippen LogP contribution in [0.15, 0.2) is 29.6 Å². The zero-order valence-corrected chi connectivity index (χ0v) is 16.3. The van der Waals surface area contributed by atoms with Crippen LogP contribution in [0.3, 0.4) is 0 Å². The van der Waals surface area contributed by atoms with Gasteiger partial charge in [-0.3, -0.25) is 4.79 Å². The molecule has 0 saturated heterocycles. The van der Waals surface area contributed by atoms with Crippen molar-refractivity contribution >= 4 is 16.7 Å². The molecule has 9 nitrogen and oxygen atoms in total. The third kappa shape index (κ3) is 3.44. The molecule has 2 aliphatic carbocycles. The number of anilines is 1. The van der Waals surface area contributed by atoms with Crippen LogP contribution in [-0.4, -0.2) is 39.9 Å². The lowest BCUT2D eigenvalue weighted by molar-refractivity contribution is 0.303. The lowest BCUT2D eigenvalue weighted by Gasteiger charge is -2.29. The van der Waals surface area contributed by atoms with E-state index in [2.05, 4.69) is 29.9 Å². The average molecular weight is 398 g/mol. The van der Waals surface area contributed by atoms with Gasteiger partial charge in [-0.05, 0) is 44.6 Å². The van der Waals surface area contributed by atoms with E-state index in [-0.39, 0.29) is 11.6 Å². The Hall–Kier alpha value is -2.62. The number of hydrogen-bond donors (Lipinski definition) is 1. The van der Waals surface area contributed by atoms with Crippen molar-refractivity contribution in [1.82, 2.24) is 33.9 Å². The van der Waals surface area contributed by atoms with Crippen LogP contribution in [0.2, 0.25) is 0 Å². The van der Waals surface area contributed by atoms with Crippen molar-refractivity contribution in [2.24, 2.45) is 0 Å². The minimum atomic E-state index is -0.0745. The van der Waals surface area contributed by atoms with Crippen molar-refractivity contribution in [3.63, 3.8) is 0 Å². The fourth-order valence-corrected chi connectivity index (χ4v) is 4.61. The van der Waals surface area contributed by atoms with Gasteiger partial charge in [-0.2, -0.15) is 9.47 Å². The number of rotatable bonds is 5. The minimum Gasteiger partial charge on any atom is -0.358 e. The van der Waals surface area contributed by atoms with Gasteiger partial charge >= 0.3 is 0 Å². The number of hydrogen-bond acceptors (Lipinski definition) is 8. The Kier molecular flexibility index (Phi) is 4.63. The van der Waals surface area contributed by atoms with Crippen molar-refractivity contribution in [2.75, 3.05) is 5.32 Å². The van der Waals surface area contributed by atoms with Crippen LogP contribution in [-0.2, 0) is 0 Å². The second-order valence-corrected chi connectivity index (χ2v) is 8.30. The van der Waals surface area contributed by atoms with Crippen LogP contribution in [0.25, 0.3) is 5.82 Å². The van der Waals surface area contributed by atoms with E-state index >= 15 is 0 Å². The molecule has 0 aliphatic heterocycles. The lowest BCUT2D eigenvalue weighted by atomic mass is 9.85. The van der Waals surface area contributed by atoms with Crippen LogP contribution in [0.1, 0.15) is 62.7 Å². The molecule has 10 heteroatoms. The minimum absolute atomic E-state index is 0.0745. The summed E-state index contributed by atoms with van der Waals surface area (Å²) < 4.78 is 7.68. The van der Waals surface area contributed by atoms with Gasteiger partial charge in [0, 0.05) is 29.6 Å². The first-order valence-electron chi connectivity index (χ1n) is 9.81. The fourth-order valence-electron chi connectivity index (χ4n) is 3.89. The highest BCUT2D eigenvalue weighted by molar-refractivity contribution is 7.09. The van der Waals surface area contributed by atoms with Gasteiger partial charge in [0.05, 0.1) is 6.04 Å². The number of aromatic nitrogens is 7. The summed E-state index contributed by atoms with van der Waals surface area (Å²) in [4.78, 5) is 20.9. The highest BCUT2D eigenvalue weighted by Crippen LogP contribution is 2.36. The van der Waals surface area contributed by atoms with Crippen LogP contribution in [0.5, 0.6) is 0 Å². The van der Waals surface area contributed by atoms with Crippen molar-refractivity contribution in [2.45, 2.75) is 62.9 Å². The normalized spacial score (nSPS) is 22.7. The van der Waals surface area contributed by atoms with Crippen LogP contribution < -0.4 is 10.9 Å². The molecule has 0 bridgehead atoms. The Balaban J connectivity index is 1.23. The molecule has 2 saturated carbocycles. The summed E-state index contributed by atoms with van der Waals surface area (Å²) in [6.45, 7) is 0. The topological polar surface area (TPSA) is 103 Å². The quantitative estimate of drug-likeness (QED) is 0.704. The van der Waals surface area contributed by atoms with Gasteiger partial charge in [0.2, 0.25) is 5.13 Å². The molecule has 3 aromatic rings. The maximum Gasteiger partial charge on any atom is 0.267 e. The van der Waals surface area contributed by atoms with E-state index in [0.717, 1.165) is 36.6 Å². The largest absolute Gasteiger partial charge is 0.358 e. The van der Waals surface area contributed by atoms with Crippen LogP contribution in [0, 0.1) is 0 Å². The molecule has 3 heterocycles. The zero-order chi connectivity index (χ0) is 18.9. The smallest absolute Gasteiger partial charge is 0.267 e. The molecule has 0 aromatic carbocycles. The maximum absolute atomic E-state index is 12.3. The predicted octanol–water partition coefficient (Wildman–Crippen LogP) is 2.54. The van der Waals surface area contributed by atoms with E-state index < -0.39 is 0 Å². The molecular formula is C18H22N8OS. The van der Waals surface area contributed by atoms with Gasteiger partial charge in [0.1, 0.15) is 18.5 Å². The highest BCUT2D eigenvalue weighted by Gasteiger charge is 2.27. The van der Waals surface area contributed by atoms with Gasteiger partial charge in [-0.15, -0.1) is 5.10 Å². The molecule has 28 heavy (non-hydrogen) atoms. The van der Waals surface area contributed by atoms with Gasteiger partial charge < -0.3 is 5.32 Å². The summed E-state index contributed by atoms with van der Waals surface area (Å²) in [5.74, 6) is 2.18. The third-order valence-electron chi connectivity index (χ3n) is 5.75. The van der Waals surface area contributed by atoms with Crippen molar-refractivity contribution in [1.29, 1.82) is 0 Å². The van der Waals surface area contributed by atoms with Gasteiger partial charge in [-0.1, -0.05) is 6.42 Å². The molecule has 1 N–H and O–H groups in total. The number of nitrogens with zero attached hydrogens (tertiary/aromatic N) is 7. The van der Waals surface area contributed by atoms with Gasteiger partial charge in [0.25, 0.3) is 5.56 Å². The van der Waals surface area contributed by atoms with E-state index in [1.54, 1.807) is 27.8 Å². The third-order valence-corrected chi connectivity index (χ3v) is 6.41. The van der Waals surface area contributed by atoms with Crippen molar-refractivity contribution in [3.8, 4) is 5.82 Å². The Labute approximate surface area is 166 Å². The maximum atomic E-state index is 12.3. The number of nitrogens with one attached hydrogen (secondary N) is 1. The Bertz CT molecular complexity index is 985. The molecule has 3 aromatic heterocycles. The molecule has 146 valence electrons. The van der Waals surface area contributed by atoms with E-state index in [0.29, 0.717) is 17.8 Å². The highest BCUT2D eigenvalue weighted by atomic mass is 32.1. The molecule has 5 rings (SSSR count). The van der Waals surface area contributed by atoms with Crippen molar-refractivity contribution in [3.05, 3.63) is 41.0 Å². The Morgan fingerprint density at radius 3 is 2.68 bits per heavy atom. The first kappa shape index (κ1) is 17.5.